The van der Waals surface area contributed by atoms with E-state index in [4.69, 9.17) is 0 Å². The summed E-state index contributed by atoms with van der Waals surface area (Å²) in [6.45, 7) is 5.30. The zero-order chi connectivity index (χ0) is 13.4. The van der Waals surface area contributed by atoms with E-state index in [0.29, 0.717) is 24.8 Å². The van der Waals surface area contributed by atoms with Crippen LogP contribution >= 0.6 is 0 Å². The van der Waals surface area contributed by atoms with Crippen LogP contribution in [0, 0.1) is 0 Å². The number of hydrogen-bond acceptors (Lipinski definition) is 4. The summed E-state index contributed by atoms with van der Waals surface area (Å²) in [5, 5.41) is 3.39. The predicted octanol–water partition coefficient (Wildman–Crippen LogP) is 1.33. The largest absolute Gasteiger partial charge is 0.405 e. The predicted molar refractivity (Wildman–Crippen MR) is 71.5 cm³/mol. The molecular weight excluding hydrogens is 247 g/mol. The molecule has 102 valence electrons. The quantitative estimate of drug-likeness (QED) is 0.614. The molecule has 1 N–H and O–H groups in total. The third-order valence-corrected chi connectivity index (χ3v) is 3.77. The Balaban J connectivity index is 1.94. The van der Waals surface area contributed by atoms with E-state index in [1.165, 1.54) is 0 Å². The molecule has 0 radical (unpaired) electrons. The zero-order valence-electron chi connectivity index (χ0n) is 10.9. The van der Waals surface area contributed by atoms with Gasteiger partial charge in [0, 0.05) is 49.7 Å². The molecular formula is C13H17FN4O. The molecule has 1 saturated heterocycles. The fraction of sp³-hybridized carbons (Fsp3) is 0.538. The van der Waals surface area contributed by atoms with Crippen LogP contribution in [0.2, 0.25) is 0 Å². The van der Waals surface area contributed by atoms with E-state index in [1.807, 2.05) is 6.07 Å². The molecule has 1 atom stereocenters. The van der Waals surface area contributed by atoms with E-state index in [0.717, 1.165) is 35.8 Å². The number of fused-ring (bicyclic) bond motifs is 1. The fourth-order valence-corrected chi connectivity index (χ4v) is 2.89. The Labute approximate surface area is 111 Å². The summed E-state index contributed by atoms with van der Waals surface area (Å²) in [6, 6.07) is 2.39. The Morgan fingerprint density at radius 3 is 3.11 bits per heavy atom. The highest BCUT2D eigenvalue weighted by atomic mass is 19.1. The number of carbonyl (C=O) groups excluding carboxylic acids is 1. The fourth-order valence-electron chi connectivity index (χ4n) is 2.89. The Hall–Kier alpha value is -1.69. The number of halogens is 1. The maximum Gasteiger partial charge on any atom is 0.405 e. The standard InChI is InChI=1S/C13H17FN4O/c1-9-8-17(7-5-15-9)11-2-4-16-12-10(11)3-6-18(12)13(14)19/h2,4,9,15H,3,5-8H2,1H3. The first-order chi connectivity index (χ1) is 9.16. The van der Waals surface area contributed by atoms with Crippen molar-refractivity contribution in [2.24, 2.45) is 0 Å². The van der Waals surface area contributed by atoms with Crippen molar-refractivity contribution in [3.05, 3.63) is 17.8 Å². The number of carbonyl (C=O) groups is 1. The van der Waals surface area contributed by atoms with E-state index < -0.39 is 6.16 Å². The minimum atomic E-state index is -1.42. The van der Waals surface area contributed by atoms with Crippen LogP contribution in [0.4, 0.5) is 20.7 Å². The summed E-state index contributed by atoms with van der Waals surface area (Å²) in [5.41, 5.74) is 2.07. The lowest BCUT2D eigenvalue weighted by molar-refractivity contribution is 0.228. The molecule has 0 spiro atoms. The van der Waals surface area contributed by atoms with Crippen LogP contribution < -0.4 is 15.1 Å². The van der Waals surface area contributed by atoms with Gasteiger partial charge in [-0.15, -0.1) is 4.39 Å². The van der Waals surface area contributed by atoms with Crippen LogP contribution in [0.3, 0.4) is 0 Å². The number of hydrogen-bond donors (Lipinski definition) is 1. The molecule has 0 aliphatic carbocycles. The van der Waals surface area contributed by atoms with Gasteiger partial charge in [-0.25, -0.2) is 9.78 Å². The van der Waals surface area contributed by atoms with Gasteiger partial charge in [0.25, 0.3) is 0 Å². The maximum atomic E-state index is 12.9. The number of pyridine rings is 1. The van der Waals surface area contributed by atoms with Gasteiger partial charge in [-0.3, -0.25) is 4.90 Å². The van der Waals surface area contributed by atoms with Gasteiger partial charge < -0.3 is 10.2 Å². The third kappa shape index (κ3) is 2.16. The molecule has 6 heteroatoms. The molecule has 0 aromatic carbocycles. The topological polar surface area (TPSA) is 48.5 Å². The molecule has 0 bridgehead atoms. The molecule has 2 aliphatic rings. The minimum Gasteiger partial charge on any atom is -0.368 e. The second-order valence-corrected chi connectivity index (χ2v) is 5.09. The van der Waals surface area contributed by atoms with Crippen molar-refractivity contribution in [2.45, 2.75) is 19.4 Å². The number of amides is 1. The number of nitrogens with one attached hydrogen (secondary N) is 1. The van der Waals surface area contributed by atoms with Gasteiger partial charge >= 0.3 is 6.16 Å². The zero-order valence-corrected chi connectivity index (χ0v) is 10.9. The van der Waals surface area contributed by atoms with Gasteiger partial charge in [0.2, 0.25) is 0 Å². The van der Waals surface area contributed by atoms with E-state index in [-0.39, 0.29) is 0 Å². The number of nitrogens with zero attached hydrogens (tertiary/aromatic N) is 3. The van der Waals surface area contributed by atoms with Crippen molar-refractivity contribution in [1.82, 2.24) is 10.3 Å². The Kier molecular flexibility index (Phi) is 3.10. The first-order valence-corrected chi connectivity index (χ1v) is 6.60. The average Bonchev–Trinajstić information content (AvgIpc) is 2.82. The van der Waals surface area contributed by atoms with Crippen LogP contribution in [-0.4, -0.2) is 43.4 Å². The molecule has 1 fully saturated rings. The minimum absolute atomic E-state index is 0.385. The van der Waals surface area contributed by atoms with Gasteiger partial charge in [0.05, 0.1) is 0 Å². The van der Waals surface area contributed by atoms with Gasteiger partial charge in [-0.1, -0.05) is 0 Å². The van der Waals surface area contributed by atoms with Gasteiger partial charge in [0.1, 0.15) is 5.82 Å². The molecule has 1 aromatic heterocycles. The summed E-state index contributed by atoms with van der Waals surface area (Å²) < 4.78 is 12.9. The number of piperazine rings is 1. The lowest BCUT2D eigenvalue weighted by Crippen LogP contribution is -2.49. The summed E-state index contributed by atoms with van der Waals surface area (Å²) in [7, 11) is 0. The monoisotopic (exact) mass is 264 g/mol. The Morgan fingerprint density at radius 1 is 1.53 bits per heavy atom. The number of anilines is 2. The molecule has 3 heterocycles. The van der Waals surface area contributed by atoms with Gasteiger partial charge in [-0.05, 0) is 19.4 Å². The normalized spacial score (nSPS) is 22.5. The molecule has 1 amide bonds. The van der Waals surface area contributed by atoms with E-state index in [2.05, 4.69) is 22.1 Å². The van der Waals surface area contributed by atoms with E-state index >= 15 is 0 Å². The summed E-state index contributed by atoms with van der Waals surface area (Å²) in [4.78, 5) is 18.5. The van der Waals surface area contributed by atoms with Crippen LogP contribution in [0.1, 0.15) is 12.5 Å². The van der Waals surface area contributed by atoms with Crippen molar-refractivity contribution in [3.8, 4) is 0 Å². The molecule has 0 saturated carbocycles. The highest BCUT2D eigenvalue weighted by molar-refractivity contribution is 5.89. The Morgan fingerprint density at radius 2 is 2.37 bits per heavy atom. The smallest absolute Gasteiger partial charge is 0.368 e. The number of aromatic nitrogens is 1. The molecule has 1 unspecified atom stereocenters. The molecule has 1 aromatic rings. The van der Waals surface area contributed by atoms with Crippen molar-refractivity contribution in [2.75, 3.05) is 36.0 Å². The highest BCUT2D eigenvalue weighted by Crippen LogP contribution is 2.34. The first-order valence-electron chi connectivity index (χ1n) is 6.60. The summed E-state index contributed by atoms with van der Waals surface area (Å²) in [5.74, 6) is 0.483. The van der Waals surface area contributed by atoms with Crippen LogP contribution in [0.25, 0.3) is 0 Å². The second kappa shape index (κ2) is 4.77. The van der Waals surface area contributed by atoms with Crippen molar-refractivity contribution in [3.63, 3.8) is 0 Å². The summed E-state index contributed by atoms with van der Waals surface area (Å²) in [6.07, 6.45) is 0.909. The second-order valence-electron chi connectivity index (χ2n) is 5.09. The van der Waals surface area contributed by atoms with Crippen LogP contribution in [0.15, 0.2) is 12.3 Å². The molecule has 2 aliphatic heterocycles. The lowest BCUT2D eigenvalue weighted by atomic mass is 10.1. The molecule has 5 nitrogen and oxygen atoms in total. The van der Waals surface area contributed by atoms with Gasteiger partial charge in [-0.2, -0.15) is 0 Å². The lowest BCUT2D eigenvalue weighted by Gasteiger charge is -2.34. The first kappa shape index (κ1) is 12.3. The summed E-state index contributed by atoms with van der Waals surface area (Å²) >= 11 is 0. The van der Waals surface area contributed by atoms with Crippen molar-refractivity contribution in [1.29, 1.82) is 0 Å². The van der Waals surface area contributed by atoms with E-state index in [9.17, 15) is 9.18 Å². The highest BCUT2D eigenvalue weighted by Gasteiger charge is 2.30. The average molecular weight is 264 g/mol. The van der Waals surface area contributed by atoms with Crippen LogP contribution in [-0.2, 0) is 6.42 Å². The van der Waals surface area contributed by atoms with Crippen molar-refractivity contribution < 1.29 is 9.18 Å². The SMILES string of the molecule is CC1CN(c2ccnc3c2CCN3C(=O)F)CCN1. The number of rotatable bonds is 1. The third-order valence-electron chi connectivity index (χ3n) is 3.77. The van der Waals surface area contributed by atoms with E-state index in [1.54, 1.807) is 6.20 Å². The molecule has 19 heavy (non-hydrogen) atoms. The maximum absolute atomic E-state index is 12.9. The van der Waals surface area contributed by atoms with Gasteiger partial charge in [0.15, 0.2) is 0 Å². The molecule has 3 rings (SSSR count). The van der Waals surface area contributed by atoms with Crippen molar-refractivity contribution >= 4 is 17.7 Å². The Bertz CT molecular complexity index is 507. The van der Waals surface area contributed by atoms with Crippen LogP contribution in [0.5, 0.6) is 0 Å².